The summed E-state index contributed by atoms with van der Waals surface area (Å²) in [6, 6.07) is 14.6. The van der Waals surface area contributed by atoms with Crippen LogP contribution in [0.25, 0.3) is 0 Å². The van der Waals surface area contributed by atoms with Crippen molar-refractivity contribution in [2.75, 3.05) is 72.0 Å². The van der Waals surface area contributed by atoms with Crippen LogP contribution in [0.3, 0.4) is 0 Å². The van der Waals surface area contributed by atoms with E-state index in [0.29, 0.717) is 49.8 Å². The lowest BCUT2D eigenvalue weighted by atomic mass is 10.1. The van der Waals surface area contributed by atoms with Gasteiger partial charge in [0.15, 0.2) is 11.5 Å². The third-order valence-electron chi connectivity index (χ3n) is 6.42. The maximum Gasteiger partial charge on any atom is 0.322 e. The molecule has 4 rings (SSSR count). The van der Waals surface area contributed by atoms with Crippen LogP contribution in [-0.4, -0.2) is 99.4 Å². The number of para-hydroxylation sites is 1. The summed E-state index contributed by atoms with van der Waals surface area (Å²) in [6.45, 7) is 5.34. The van der Waals surface area contributed by atoms with Crippen molar-refractivity contribution >= 4 is 17.6 Å². The Balaban J connectivity index is 1.29. The van der Waals surface area contributed by atoms with E-state index < -0.39 is 0 Å². The molecule has 1 atom stereocenters. The Morgan fingerprint density at radius 2 is 1.74 bits per heavy atom. The largest absolute Gasteiger partial charge is 0.493 e. The minimum absolute atomic E-state index is 0.00882. The highest BCUT2D eigenvalue weighted by molar-refractivity contribution is 5.95. The van der Waals surface area contributed by atoms with Crippen LogP contribution in [0.1, 0.15) is 16.8 Å². The van der Waals surface area contributed by atoms with E-state index in [1.807, 2.05) is 40.1 Å². The van der Waals surface area contributed by atoms with Crippen molar-refractivity contribution in [3.63, 3.8) is 0 Å². The first-order valence-electron chi connectivity index (χ1n) is 12.0. The molecule has 9 nitrogen and oxygen atoms in total. The second kappa shape index (κ2) is 11.9. The summed E-state index contributed by atoms with van der Waals surface area (Å²) < 4.78 is 16.6. The van der Waals surface area contributed by atoms with Crippen molar-refractivity contribution in [1.29, 1.82) is 0 Å². The van der Waals surface area contributed by atoms with E-state index >= 15 is 0 Å². The molecule has 0 aliphatic carbocycles. The number of hydrogen-bond donors (Lipinski definition) is 1. The molecule has 3 amide bonds. The van der Waals surface area contributed by atoms with Crippen LogP contribution in [0, 0.1) is 0 Å². The zero-order valence-electron chi connectivity index (χ0n) is 20.4. The Kier molecular flexibility index (Phi) is 8.44. The van der Waals surface area contributed by atoms with Crippen LogP contribution in [0.2, 0.25) is 0 Å². The van der Waals surface area contributed by atoms with Gasteiger partial charge in [0.25, 0.3) is 5.91 Å². The maximum absolute atomic E-state index is 13.1. The summed E-state index contributed by atoms with van der Waals surface area (Å²) in [7, 11) is 3.14. The number of rotatable bonds is 6. The summed E-state index contributed by atoms with van der Waals surface area (Å²) in [4.78, 5) is 31.8. The molecule has 188 valence electrons. The molecule has 0 aromatic heterocycles. The molecule has 2 aromatic rings. The number of nitrogens with zero attached hydrogens (tertiary/aromatic N) is 3. The van der Waals surface area contributed by atoms with E-state index in [9.17, 15) is 9.59 Å². The average Bonchev–Trinajstić information content (AvgIpc) is 3.14. The SMILES string of the molecule is COc1ccc(C(=O)N2CCCN(CC3CN(C(=O)Nc4ccccc4)CCO3)CC2)cc1OC. The number of urea groups is 1. The van der Waals surface area contributed by atoms with E-state index in [4.69, 9.17) is 14.2 Å². The zero-order valence-corrected chi connectivity index (χ0v) is 20.4. The molecule has 0 bridgehead atoms. The second-order valence-electron chi connectivity index (χ2n) is 8.75. The summed E-state index contributed by atoms with van der Waals surface area (Å²) >= 11 is 0. The molecule has 1 N–H and O–H groups in total. The van der Waals surface area contributed by atoms with E-state index in [2.05, 4.69) is 10.2 Å². The van der Waals surface area contributed by atoms with Gasteiger partial charge < -0.3 is 29.3 Å². The van der Waals surface area contributed by atoms with Crippen LogP contribution in [0.4, 0.5) is 10.5 Å². The number of anilines is 1. The molecule has 2 fully saturated rings. The number of carbonyl (C=O) groups is 2. The van der Waals surface area contributed by atoms with Gasteiger partial charge in [-0.05, 0) is 43.3 Å². The van der Waals surface area contributed by atoms with Gasteiger partial charge in [-0.3, -0.25) is 9.69 Å². The van der Waals surface area contributed by atoms with E-state index in [-0.39, 0.29) is 18.0 Å². The molecule has 0 spiro atoms. The van der Waals surface area contributed by atoms with Crippen molar-refractivity contribution in [2.45, 2.75) is 12.5 Å². The average molecular weight is 483 g/mol. The predicted molar refractivity (Wildman–Crippen MR) is 133 cm³/mol. The van der Waals surface area contributed by atoms with Gasteiger partial charge in [0.05, 0.1) is 26.9 Å². The monoisotopic (exact) mass is 482 g/mol. The number of morpholine rings is 1. The third kappa shape index (κ3) is 6.43. The molecule has 2 aliphatic heterocycles. The molecule has 2 aromatic carbocycles. The summed E-state index contributed by atoms with van der Waals surface area (Å²) in [6.07, 6.45) is 0.822. The van der Waals surface area contributed by atoms with Crippen molar-refractivity contribution in [3.8, 4) is 11.5 Å². The number of ether oxygens (including phenoxy) is 3. The lowest BCUT2D eigenvalue weighted by molar-refractivity contribution is -0.0283. The Morgan fingerprint density at radius 3 is 2.51 bits per heavy atom. The topological polar surface area (TPSA) is 83.6 Å². The number of benzene rings is 2. The van der Waals surface area contributed by atoms with Gasteiger partial charge in [-0.15, -0.1) is 0 Å². The fourth-order valence-electron chi connectivity index (χ4n) is 4.53. The Labute approximate surface area is 206 Å². The molecule has 2 saturated heterocycles. The number of carbonyl (C=O) groups excluding carboxylic acids is 2. The molecular formula is C26H34N4O5. The summed E-state index contributed by atoms with van der Waals surface area (Å²) in [5.74, 6) is 1.14. The Morgan fingerprint density at radius 1 is 0.943 bits per heavy atom. The van der Waals surface area contributed by atoms with Crippen LogP contribution < -0.4 is 14.8 Å². The molecule has 35 heavy (non-hydrogen) atoms. The third-order valence-corrected chi connectivity index (χ3v) is 6.42. The highest BCUT2D eigenvalue weighted by atomic mass is 16.5. The normalized spacial score (nSPS) is 19.1. The molecule has 0 saturated carbocycles. The molecule has 1 unspecified atom stereocenters. The Bertz CT molecular complexity index is 1000. The second-order valence-corrected chi connectivity index (χ2v) is 8.75. The summed E-state index contributed by atoms with van der Waals surface area (Å²) in [5, 5.41) is 2.95. The van der Waals surface area contributed by atoms with Gasteiger partial charge in [-0.1, -0.05) is 18.2 Å². The van der Waals surface area contributed by atoms with Gasteiger partial charge >= 0.3 is 6.03 Å². The highest BCUT2D eigenvalue weighted by Gasteiger charge is 2.28. The molecular weight excluding hydrogens is 448 g/mol. The van der Waals surface area contributed by atoms with E-state index in [1.165, 1.54) is 0 Å². The van der Waals surface area contributed by atoms with E-state index in [0.717, 1.165) is 31.7 Å². The zero-order chi connectivity index (χ0) is 24.6. The van der Waals surface area contributed by atoms with Gasteiger partial charge in [-0.25, -0.2) is 4.79 Å². The fourth-order valence-corrected chi connectivity index (χ4v) is 4.53. The smallest absolute Gasteiger partial charge is 0.322 e. The molecule has 2 heterocycles. The first-order chi connectivity index (χ1) is 17.1. The van der Waals surface area contributed by atoms with Crippen LogP contribution in [-0.2, 0) is 4.74 Å². The first-order valence-corrected chi connectivity index (χ1v) is 12.0. The van der Waals surface area contributed by atoms with E-state index in [1.54, 1.807) is 32.4 Å². The van der Waals surface area contributed by atoms with Gasteiger partial charge in [-0.2, -0.15) is 0 Å². The van der Waals surface area contributed by atoms with Gasteiger partial charge in [0.1, 0.15) is 0 Å². The first kappa shape index (κ1) is 24.8. The minimum atomic E-state index is -0.105. The van der Waals surface area contributed by atoms with Crippen molar-refractivity contribution in [3.05, 3.63) is 54.1 Å². The predicted octanol–water partition coefficient (Wildman–Crippen LogP) is 2.78. The number of methoxy groups -OCH3 is 2. The number of nitrogens with one attached hydrogen (secondary N) is 1. The lowest BCUT2D eigenvalue weighted by Crippen LogP contribution is -2.51. The van der Waals surface area contributed by atoms with Crippen molar-refractivity contribution in [1.82, 2.24) is 14.7 Å². The highest BCUT2D eigenvalue weighted by Crippen LogP contribution is 2.28. The molecule has 0 radical (unpaired) electrons. The lowest BCUT2D eigenvalue weighted by Gasteiger charge is -2.35. The summed E-state index contributed by atoms with van der Waals surface area (Å²) in [5.41, 5.74) is 1.37. The quantitative estimate of drug-likeness (QED) is 0.682. The van der Waals surface area contributed by atoms with Crippen LogP contribution in [0.15, 0.2) is 48.5 Å². The van der Waals surface area contributed by atoms with Crippen LogP contribution >= 0.6 is 0 Å². The number of hydrogen-bond acceptors (Lipinski definition) is 6. The Hall–Kier alpha value is -3.30. The maximum atomic E-state index is 13.1. The van der Waals surface area contributed by atoms with Gasteiger partial charge in [0, 0.05) is 50.5 Å². The minimum Gasteiger partial charge on any atom is -0.493 e. The van der Waals surface area contributed by atoms with Crippen LogP contribution in [0.5, 0.6) is 11.5 Å². The van der Waals surface area contributed by atoms with Crippen molar-refractivity contribution < 1.29 is 23.8 Å². The molecule has 9 heteroatoms. The number of amides is 3. The standard InChI is InChI=1S/C26H34N4O5/c1-33-23-10-9-20(17-24(23)34-2)25(31)29-12-6-11-28(13-14-29)18-22-19-30(15-16-35-22)26(32)27-21-7-4-3-5-8-21/h3-5,7-10,17,22H,6,11-16,18-19H2,1-2H3,(H,27,32). The molecule has 2 aliphatic rings. The van der Waals surface area contributed by atoms with Gasteiger partial charge in [0.2, 0.25) is 0 Å². The fraction of sp³-hybridized carbons (Fsp3) is 0.462. The van der Waals surface area contributed by atoms with Crippen molar-refractivity contribution in [2.24, 2.45) is 0 Å².